The van der Waals surface area contributed by atoms with Crippen LogP contribution in [0.2, 0.25) is 0 Å². The zero-order valence-electron chi connectivity index (χ0n) is 21.7. The Labute approximate surface area is 218 Å². The number of hydrogen-bond acceptors (Lipinski definition) is 5. The molecule has 1 amide bonds. The number of carbonyl (C=O) groups is 1. The van der Waals surface area contributed by atoms with Crippen molar-refractivity contribution in [2.45, 2.75) is 62.3 Å². The summed E-state index contributed by atoms with van der Waals surface area (Å²) >= 11 is 0. The fourth-order valence-corrected chi connectivity index (χ4v) is 7.92. The average molecular weight is 499 g/mol. The minimum absolute atomic E-state index is 0.0398. The number of hydrogen-bond donors (Lipinski definition) is 2. The first-order chi connectivity index (χ1) is 17.7. The summed E-state index contributed by atoms with van der Waals surface area (Å²) in [5.41, 5.74) is 2.20. The van der Waals surface area contributed by atoms with Gasteiger partial charge in [0.1, 0.15) is 6.10 Å². The number of piperidine rings is 1. The van der Waals surface area contributed by atoms with Crippen LogP contribution in [0.15, 0.2) is 49.1 Å². The Balaban J connectivity index is 1.43. The Morgan fingerprint density at radius 1 is 1.35 bits per heavy atom. The van der Waals surface area contributed by atoms with Crippen molar-refractivity contribution in [3.8, 4) is 23.3 Å². The predicted octanol–water partition coefficient (Wildman–Crippen LogP) is 3.17. The molecule has 0 radical (unpaired) electrons. The lowest BCUT2D eigenvalue weighted by molar-refractivity contribution is -0.210. The second-order valence-corrected chi connectivity index (χ2v) is 11.3. The molecule has 6 atom stereocenters. The number of amides is 1. The fraction of sp³-hybridized carbons (Fsp3) is 0.452. The molecule has 1 saturated carbocycles. The standard InChI is InChI=1S/C31H34N2O4/c1-5-14-33-15-13-30-26-22-10-11-23(34)28(26)37-29(30)27(20(3)18-31(30,36)24(33)17-22)32(4)25(35)12-9-21-8-6-7-19(2)16-21/h5-8,10-11,16,20,24,27,29,34,36H,1,13-15,17-18H2,2-4H3/t20-,24+,27+,29-,30-,31+/m0/s1. The number of aliphatic hydroxyl groups is 1. The number of phenolic OH excluding ortho intramolecular Hbond substituents is 1. The summed E-state index contributed by atoms with van der Waals surface area (Å²) in [5.74, 6) is 6.10. The molecule has 4 aliphatic rings. The van der Waals surface area contributed by atoms with Gasteiger partial charge in [0, 0.05) is 36.7 Å². The largest absolute Gasteiger partial charge is 0.504 e. The molecule has 1 saturated heterocycles. The second kappa shape index (κ2) is 8.37. The third kappa shape index (κ3) is 3.24. The van der Waals surface area contributed by atoms with Gasteiger partial charge in [0.2, 0.25) is 0 Å². The molecule has 192 valence electrons. The summed E-state index contributed by atoms with van der Waals surface area (Å²) in [5, 5.41) is 23.4. The van der Waals surface area contributed by atoms with Crippen LogP contribution in [-0.2, 0) is 16.6 Å². The van der Waals surface area contributed by atoms with Crippen LogP contribution in [0.25, 0.3) is 0 Å². The normalized spacial score (nSPS) is 33.0. The van der Waals surface area contributed by atoms with E-state index >= 15 is 0 Å². The maximum Gasteiger partial charge on any atom is 0.298 e. The van der Waals surface area contributed by atoms with E-state index in [0.717, 1.165) is 28.8 Å². The van der Waals surface area contributed by atoms with Crippen LogP contribution in [0.4, 0.5) is 0 Å². The van der Waals surface area contributed by atoms with Crippen LogP contribution in [0.5, 0.6) is 11.5 Å². The lowest BCUT2D eigenvalue weighted by atomic mass is 9.46. The van der Waals surface area contributed by atoms with Gasteiger partial charge in [-0.15, -0.1) is 6.58 Å². The molecule has 2 aliphatic heterocycles. The number of aromatic hydroxyl groups is 1. The summed E-state index contributed by atoms with van der Waals surface area (Å²) in [6, 6.07) is 11.1. The highest BCUT2D eigenvalue weighted by molar-refractivity contribution is 5.94. The molecule has 2 fully saturated rings. The Morgan fingerprint density at radius 2 is 2.16 bits per heavy atom. The van der Waals surface area contributed by atoms with E-state index in [2.05, 4.69) is 30.2 Å². The summed E-state index contributed by atoms with van der Waals surface area (Å²) in [4.78, 5) is 17.4. The number of carbonyl (C=O) groups excluding carboxylic acids is 1. The quantitative estimate of drug-likeness (QED) is 0.503. The number of likely N-dealkylation sites (N-methyl/N-ethyl adjacent to an activating group) is 1. The highest BCUT2D eigenvalue weighted by atomic mass is 16.5. The first-order valence-electron chi connectivity index (χ1n) is 13.2. The van der Waals surface area contributed by atoms with Gasteiger partial charge in [0.25, 0.3) is 5.91 Å². The lowest BCUT2D eigenvalue weighted by Crippen LogP contribution is -2.79. The van der Waals surface area contributed by atoms with E-state index in [9.17, 15) is 15.0 Å². The smallest absolute Gasteiger partial charge is 0.298 e. The van der Waals surface area contributed by atoms with Gasteiger partial charge >= 0.3 is 0 Å². The Morgan fingerprint density at radius 3 is 2.92 bits per heavy atom. The van der Waals surface area contributed by atoms with Gasteiger partial charge in [-0.05, 0) is 68.0 Å². The molecule has 2 heterocycles. The van der Waals surface area contributed by atoms with Crippen molar-refractivity contribution < 1.29 is 19.7 Å². The monoisotopic (exact) mass is 498 g/mol. The highest BCUT2D eigenvalue weighted by Gasteiger charge is 2.74. The molecule has 2 aromatic rings. The van der Waals surface area contributed by atoms with Gasteiger partial charge in [-0.3, -0.25) is 9.69 Å². The maximum absolute atomic E-state index is 13.4. The molecule has 0 unspecified atom stereocenters. The molecule has 1 spiro atoms. The van der Waals surface area contributed by atoms with Gasteiger partial charge in [0.15, 0.2) is 11.5 Å². The summed E-state index contributed by atoms with van der Waals surface area (Å²) in [6.45, 7) is 9.53. The molecular weight excluding hydrogens is 464 g/mol. The number of nitrogens with zero attached hydrogens (tertiary/aromatic N) is 2. The summed E-state index contributed by atoms with van der Waals surface area (Å²) in [7, 11) is 1.79. The van der Waals surface area contributed by atoms with Gasteiger partial charge in [0.05, 0.1) is 17.1 Å². The SMILES string of the molecule is C=CCN1CC[C@]23c4c5ccc(O)c4O[C@H]2[C@H](N(C)C(=O)C#Cc2cccc(C)c2)[C@@H](C)C[C@@]3(O)[C@H]1C5. The van der Waals surface area contributed by atoms with Crippen LogP contribution in [-0.4, -0.2) is 69.8 Å². The summed E-state index contributed by atoms with van der Waals surface area (Å²) in [6.07, 6.45) is 3.33. The number of rotatable bonds is 3. The van der Waals surface area contributed by atoms with E-state index in [0.29, 0.717) is 31.6 Å². The third-order valence-electron chi connectivity index (χ3n) is 9.36. The Kier molecular flexibility index (Phi) is 5.45. The van der Waals surface area contributed by atoms with Crippen LogP contribution in [0.1, 0.15) is 42.0 Å². The first-order valence-corrected chi connectivity index (χ1v) is 13.2. The number of phenols is 1. The van der Waals surface area contributed by atoms with Gasteiger partial charge in [-0.25, -0.2) is 0 Å². The van der Waals surface area contributed by atoms with Crippen molar-refractivity contribution in [2.24, 2.45) is 5.92 Å². The molecule has 6 nitrogen and oxygen atoms in total. The number of ether oxygens (including phenoxy) is 1. The molecule has 6 heteroatoms. The summed E-state index contributed by atoms with van der Waals surface area (Å²) < 4.78 is 6.61. The van der Waals surface area contributed by atoms with Crippen LogP contribution in [0, 0.1) is 24.7 Å². The van der Waals surface area contributed by atoms with Crippen LogP contribution in [0.3, 0.4) is 0 Å². The predicted molar refractivity (Wildman–Crippen MR) is 141 cm³/mol. The van der Waals surface area contributed by atoms with Crippen molar-refractivity contribution >= 4 is 5.91 Å². The molecule has 6 rings (SSSR count). The topological polar surface area (TPSA) is 73.2 Å². The van der Waals surface area contributed by atoms with Crippen molar-refractivity contribution in [3.63, 3.8) is 0 Å². The van der Waals surface area contributed by atoms with Crippen molar-refractivity contribution in [3.05, 3.63) is 71.3 Å². The molecular formula is C31H34N2O4. The second-order valence-electron chi connectivity index (χ2n) is 11.3. The number of aryl methyl sites for hydroxylation is 1. The minimum atomic E-state index is -1.04. The van der Waals surface area contributed by atoms with E-state index in [4.69, 9.17) is 4.74 Å². The van der Waals surface area contributed by atoms with E-state index in [1.54, 1.807) is 18.0 Å². The highest BCUT2D eigenvalue weighted by Crippen LogP contribution is 2.66. The molecule has 0 aromatic heterocycles. The zero-order chi connectivity index (χ0) is 26.1. The zero-order valence-corrected chi connectivity index (χ0v) is 21.7. The number of likely N-dealkylation sites (tertiary alicyclic amines) is 1. The van der Waals surface area contributed by atoms with Gasteiger partial charge < -0.3 is 19.8 Å². The molecule has 2 N–H and O–H groups in total. The average Bonchev–Trinajstić information content (AvgIpc) is 3.20. The lowest BCUT2D eigenvalue weighted by Gasteiger charge is -2.65. The van der Waals surface area contributed by atoms with Crippen LogP contribution >= 0.6 is 0 Å². The van der Waals surface area contributed by atoms with Crippen LogP contribution < -0.4 is 4.74 Å². The van der Waals surface area contributed by atoms with E-state index in [-0.39, 0.29) is 29.7 Å². The molecule has 2 aromatic carbocycles. The first kappa shape index (κ1) is 24.1. The number of benzene rings is 2. The fourth-order valence-electron chi connectivity index (χ4n) is 7.92. The van der Waals surface area contributed by atoms with E-state index in [1.165, 1.54) is 0 Å². The van der Waals surface area contributed by atoms with Crippen molar-refractivity contribution in [2.75, 3.05) is 20.1 Å². The Bertz CT molecular complexity index is 1360. The van der Waals surface area contributed by atoms with E-state index < -0.39 is 17.1 Å². The van der Waals surface area contributed by atoms with Gasteiger partial charge in [-0.2, -0.15) is 0 Å². The van der Waals surface area contributed by atoms with E-state index in [1.807, 2.05) is 43.3 Å². The minimum Gasteiger partial charge on any atom is -0.504 e. The third-order valence-corrected chi connectivity index (χ3v) is 9.36. The maximum atomic E-state index is 13.4. The van der Waals surface area contributed by atoms with Crippen molar-refractivity contribution in [1.82, 2.24) is 9.80 Å². The molecule has 37 heavy (non-hydrogen) atoms. The van der Waals surface area contributed by atoms with Gasteiger partial charge in [-0.1, -0.05) is 37.1 Å². The molecule has 2 aliphatic carbocycles. The Hall–Kier alpha value is -3.27. The molecule has 2 bridgehead atoms. The van der Waals surface area contributed by atoms with Crippen molar-refractivity contribution in [1.29, 1.82) is 0 Å².